The van der Waals surface area contributed by atoms with Crippen LogP contribution in [0.1, 0.15) is 137 Å². The predicted molar refractivity (Wildman–Crippen MR) is 232 cm³/mol. The smallest absolute Gasteiger partial charge is 0.147 e. The summed E-state index contributed by atoms with van der Waals surface area (Å²) >= 11 is -3.70. The first-order valence-corrected chi connectivity index (χ1v) is 33.7. The van der Waals surface area contributed by atoms with Crippen LogP contribution in [0.25, 0.3) is 34.4 Å². The van der Waals surface area contributed by atoms with E-state index in [4.69, 9.17) is 0 Å². The Balaban J connectivity index is 0.00000232. The molecule has 2 unspecified atom stereocenters. The van der Waals surface area contributed by atoms with Gasteiger partial charge in [-0.1, -0.05) is 0 Å². The first-order valence-electron chi connectivity index (χ1n) is 20.0. The molecule has 0 aromatic heterocycles. The van der Waals surface area contributed by atoms with E-state index in [0.717, 1.165) is 5.92 Å². The van der Waals surface area contributed by atoms with Crippen LogP contribution in [0.4, 0.5) is 0 Å². The molecule has 0 bridgehead atoms. The van der Waals surface area contributed by atoms with Crippen molar-refractivity contribution in [1.29, 1.82) is 0 Å². The van der Waals surface area contributed by atoms with E-state index < -0.39 is 17.4 Å². The van der Waals surface area contributed by atoms with Crippen LogP contribution >= 0.6 is 24.8 Å². The van der Waals surface area contributed by atoms with Crippen molar-refractivity contribution in [2.75, 3.05) is 0 Å². The molecule has 2 fully saturated rings. The fraction of sp³-hybridized carbons (Fsp3) is 0.417. The van der Waals surface area contributed by atoms with Crippen LogP contribution in [0.5, 0.6) is 0 Å². The molecule has 4 aliphatic carbocycles. The van der Waals surface area contributed by atoms with Crippen LogP contribution < -0.4 is 0 Å². The number of hydrogen-bond acceptors (Lipinski definition) is 0. The van der Waals surface area contributed by atoms with Crippen molar-refractivity contribution in [2.45, 2.75) is 113 Å². The Morgan fingerprint density at radius 1 is 0.577 bits per heavy atom. The summed E-state index contributed by atoms with van der Waals surface area (Å²) in [5.41, 5.74) is 18.3. The molecule has 4 aliphatic rings. The molecule has 0 heterocycles. The summed E-state index contributed by atoms with van der Waals surface area (Å²) in [5.74, 6) is 2.02. The predicted octanol–water partition coefficient (Wildman–Crippen LogP) is 14.5. The zero-order valence-corrected chi connectivity index (χ0v) is 37.7. The zero-order chi connectivity index (χ0) is 34.6. The summed E-state index contributed by atoms with van der Waals surface area (Å²) in [5, 5.41) is 0. The van der Waals surface area contributed by atoms with Crippen LogP contribution in [-0.2, 0) is 17.4 Å². The van der Waals surface area contributed by atoms with Crippen LogP contribution in [0, 0.1) is 5.92 Å². The molecule has 4 heteroatoms. The summed E-state index contributed by atoms with van der Waals surface area (Å²) in [6, 6.07) is 33.8. The first kappa shape index (κ1) is 39.7. The van der Waals surface area contributed by atoms with Gasteiger partial charge in [-0.2, -0.15) is 0 Å². The minimum absolute atomic E-state index is 0. The molecule has 4 aromatic carbocycles. The number of rotatable bonds is 7. The van der Waals surface area contributed by atoms with E-state index in [1.165, 1.54) is 103 Å². The van der Waals surface area contributed by atoms with Gasteiger partial charge in [0.2, 0.25) is 0 Å². The molecule has 2 atom stereocenters. The Morgan fingerprint density at radius 2 is 1.06 bits per heavy atom. The van der Waals surface area contributed by atoms with Crippen molar-refractivity contribution in [1.82, 2.24) is 0 Å². The van der Waals surface area contributed by atoms with E-state index in [-0.39, 0.29) is 24.8 Å². The Kier molecular flexibility index (Phi) is 12.0. The third kappa shape index (κ3) is 7.14. The van der Waals surface area contributed by atoms with Gasteiger partial charge in [-0.25, -0.2) is 0 Å². The number of halogens is 2. The maximum atomic E-state index is 2.84. The summed E-state index contributed by atoms with van der Waals surface area (Å²) in [7, 11) is 0. The molecule has 8 rings (SSSR count). The van der Waals surface area contributed by atoms with Crippen molar-refractivity contribution < 1.29 is 17.4 Å². The second-order valence-corrected chi connectivity index (χ2v) is 48.5. The maximum absolute atomic E-state index is 3.70. The van der Waals surface area contributed by atoms with E-state index in [0.29, 0.717) is 19.1 Å². The van der Waals surface area contributed by atoms with E-state index in [1.54, 1.807) is 27.8 Å². The fourth-order valence-electron chi connectivity index (χ4n) is 11.2. The fourth-order valence-corrected chi connectivity index (χ4v) is 31.5. The van der Waals surface area contributed by atoms with Crippen molar-refractivity contribution in [3.8, 4) is 22.3 Å². The molecule has 0 aliphatic heterocycles. The molecule has 4 aromatic rings. The van der Waals surface area contributed by atoms with Gasteiger partial charge in [0, 0.05) is 0 Å². The van der Waals surface area contributed by atoms with E-state index in [1.807, 2.05) is 0 Å². The van der Waals surface area contributed by atoms with Crippen LogP contribution in [0.3, 0.4) is 0 Å². The first-order chi connectivity index (χ1) is 24.1. The Morgan fingerprint density at radius 3 is 1.60 bits per heavy atom. The zero-order valence-electron chi connectivity index (χ0n) is 32.2. The molecule has 274 valence electrons. The largest absolute Gasteiger partial charge is 0.147 e. The number of hydrogen-bond donors (Lipinski definition) is 0. The Hall–Kier alpha value is -1.96. The molecule has 2 saturated carbocycles. The minimum atomic E-state index is -3.70. The van der Waals surface area contributed by atoms with E-state index >= 15 is 0 Å². The molecule has 0 radical (unpaired) electrons. The van der Waals surface area contributed by atoms with Crippen LogP contribution in [0.2, 0.25) is 9.26 Å². The second-order valence-electron chi connectivity index (χ2n) is 18.0. The van der Waals surface area contributed by atoms with Gasteiger partial charge in [-0.05, 0) is 0 Å². The van der Waals surface area contributed by atoms with E-state index in [2.05, 4.69) is 134 Å². The monoisotopic (exact) mass is 824 g/mol. The SMILES string of the molecule is CC1=Cc2c(-c3ccc(C4CCCCC4)cc3)cccc2[CH]1[Zr]([CH3])([CH3])(=[SiH2])[CH]1C(C2CCCCC2)=Cc2c(-c3ccc(C(C)C)cc3)cccc21.Cl.Cl. The number of allylic oxidation sites excluding steroid dienone is 2. The number of benzene rings is 4. The van der Waals surface area contributed by atoms with Gasteiger partial charge in [0.1, 0.15) is 0 Å². The van der Waals surface area contributed by atoms with Gasteiger partial charge in [-0.3, -0.25) is 0 Å². The molecule has 0 spiro atoms. The minimum Gasteiger partial charge on any atom is -0.147 e. The van der Waals surface area contributed by atoms with Crippen molar-refractivity contribution in [3.63, 3.8) is 0 Å². The topological polar surface area (TPSA) is 0 Å². The molecule has 0 saturated heterocycles. The molecule has 0 nitrogen and oxygen atoms in total. The molecule has 0 amide bonds. The summed E-state index contributed by atoms with van der Waals surface area (Å²) in [6.07, 6.45) is 19.1. The molecular weight excluding hydrogens is 767 g/mol. The van der Waals surface area contributed by atoms with Gasteiger partial charge in [0.25, 0.3) is 0 Å². The van der Waals surface area contributed by atoms with Crippen LogP contribution in [-0.4, -0.2) is 6.88 Å². The average Bonchev–Trinajstić information content (AvgIpc) is 3.72. The molecule has 52 heavy (non-hydrogen) atoms. The van der Waals surface area contributed by atoms with Gasteiger partial charge < -0.3 is 0 Å². The summed E-state index contributed by atoms with van der Waals surface area (Å²) in [4.78, 5) is 0. The average molecular weight is 827 g/mol. The van der Waals surface area contributed by atoms with Crippen molar-refractivity contribution in [3.05, 3.63) is 129 Å². The van der Waals surface area contributed by atoms with Gasteiger partial charge >= 0.3 is 307 Å². The molecule has 0 N–H and O–H groups in total. The Bertz CT molecular complexity index is 2030. The number of fused-ring (bicyclic) bond motifs is 2. The quantitative estimate of drug-likeness (QED) is 0.163. The third-order valence-corrected chi connectivity index (χ3v) is 31.2. The normalized spacial score (nSPS) is 20.8. The van der Waals surface area contributed by atoms with Crippen LogP contribution in [0.15, 0.2) is 96.1 Å². The summed E-state index contributed by atoms with van der Waals surface area (Å²) < 4.78 is 6.79. The van der Waals surface area contributed by atoms with Crippen molar-refractivity contribution in [2.24, 2.45) is 5.92 Å². The molecular formula is C48H60Cl2SiZr. The van der Waals surface area contributed by atoms with Crippen molar-refractivity contribution >= 4 is 43.8 Å². The second kappa shape index (κ2) is 15.6. The van der Waals surface area contributed by atoms with Gasteiger partial charge in [0.05, 0.1) is 0 Å². The summed E-state index contributed by atoms with van der Waals surface area (Å²) in [6.45, 7) is 9.58. The van der Waals surface area contributed by atoms with Gasteiger partial charge in [-0.15, -0.1) is 24.8 Å². The Labute approximate surface area is 329 Å². The standard InChI is InChI=1S/C24H27.C22H23.2CH3.2ClH.H2Si.Zr/c1-17(2)18-11-13-20(14-12-18)23-10-6-9-21-15-22(16-24(21)23)19-7-4-3-5-8-19;1-16-14-20-8-5-9-21(22(20)15-16)19-12-10-18(11-13-19)17-6-3-2-4-7-17;;;;;;/h6,9-17,19H,3-5,7-8H2,1-2H3;5,8-15,17H,2-4,6-7H2,1H3;2*1H3;2*1H;1H2;. The van der Waals surface area contributed by atoms with E-state index in [9.17, 15) is 0 Å². The van der Waals surface area contributed by atoms with Gasteiger partial charge in [0.15, 0.2) is 0 Å². The third-order valence-electron chi connectivity index (χ3n) is 13.5. The maximum Gasteiger partial charge on any atom is -0.147 e.